The molecule has 0 N–H and O–H groups in total. The van der Waals surface area contributed by atoms with E-state index < -0.39 is 0 Å². The van der Waals surface area contributed by atoms with Crippen LogP contribution in [0.3, 0.4) is 0 Å². The van der Waals surface area contributed by atoms with E-state index in [0.717, 1.165) is 49.8 Å². The van der Waals surface area contributed by atoms with Gasteiger partial charge in [-0.05, 0) is 35.7 Å². The number of nitrogens with zero attached hydrogens (tertiary/aromatic N) is 2. The lowest BCUT2D eigenvalue weighted by Gasteiger charge is -2.34. The van der Waals surface area contributed by atoms with Crippen LogP contribution in [0.5, 0.6) is 11.5 Å². The largest absolute Gasteiger partial charge is 0.454 e. The molecule has 1 fully saturated rings. The molecule has 150 valence electrons. The minimum Gasteiger partial charge on any atom is -0.454 e. The van der Waals surface area contributed by atoms with Gasteiger partial charge in [0, 0.05) is 38.8 Å². The first-order valence-electron chi connectivity index (χ1n) is 9.99. The monoisotopic (exact) mass is 390 g/mol. The standard InChI is InChI=1S/C24H26N2O3/c1-19-6-2-4-8-21(19)17-25-12-14-26(15-13-25)24(27)9-5-3-7-20-10-11-22-23(16-20)29-18-28-22/h2-11,16H,12-15,17-18H2,1H3/b7-3+,9-5+. The van der Waals surface area contributed by atoms with E-state index in [1.807, 2.05) is 35.3 Å². The van der Waals surface area contributed by atoms with Gasteiger partial charge in [0.15, 0.2) is 11.5 Å². The van der Waals surface area contributed by atoms with E-state index in [2.05, 4.69) is 36.1 Å². The molecule has 0 atom stereocenters. The molecule has 1 saturated heterocycles. The van der Waals surface area contributed by atoms with E-state index >= 15 is 0 Å². The van der Waals surface area contributed by atoms with Crippen molar-refractivity contribution in [2.24, 2.45) is 0 Å². The first kappa shape index (κ1) is 19.3. The molecule has 0 aromatic heterocycles. The van der Waals surface area contributed by atoms with Gasteiger partial charge in [-0.3, -0.25) is 9.69 Å². The van der Waals surface area contributed by atoms with Crippen LogP contribution in [0, 0.1) is 6.92 Å². The zero-order valence-electron chi connectivity index (χ0n) is 16.7. The van der Waals surface area contributed by atoms with Crippen molar-refractivity contribution in [2.45, 2.75) is 13.5 Å². The summed E-state index contributed by atoms with van der Waals surface area (Å²) in [6.45, 7) is 6.71. The highest BCUT2D eigenvalue weighted by Gasteiger charge is 2.19. The molecule has 2 heterocycles. The van der Waals surface area contributed by atoms with E-state index in [4.69, 9.17) is 9.47 Å². The highest BCUT2D eigenvalue weighted by Crippen LogP contribution is 2.32. The maximum Gasteiger partial charge on any atom is 0.246 e. The van der Waals surface area contributed by atoms with Crippen molar-refractivity contribution in [1.29, 1.82) is 0 Å². The fourth-order valence-corrected chi connectivity index (χ4v) is 3.58. The van der Waals surface area contributed by atoms with Crippen LogP contribution < -0.4 is 9.47 Å². The second kappa shape index (κ2) is 8.97. The molecule has 2 aromatic rings. The zero-order valence-corrected chi connectivity index (χ0v) is 16.7. The second-order valence-corrected chi connectivity index (χ2v) is 7.36. The minimum atomic E-state index is 0.0656. The SMILES string of the molecule is Cc1ccccc1CN1CCN(C(=O)/C=C/C=C/c2ccc3c(c2)OCO3)CC1. The Hall–Kier alpha value is -3.05. The molecule has 29 heavy (non-hydrogen) atoms. The molecule has 5 nitrogen and oxygen atoms in total. The number of benzene rings is 2. The third-order valence-corrected chi connectivity index (χ3v) is 5.37. The predicted octanol–water partition coefficient (Wildman–Crippen LogP) is 3.64. The van der Waals surface area contributed by atoms with Gasteiger partial charge in [-0.25, -0.2) is 0 Å². The number of hydrogen-bond donors (Lipinski definition) is 0. The van der Waals surface area contributed by atoms with Gasteiger partial charge < -0.3 is 14.4 Å². The molecule has 2 aliphatic rings. The van der Waals surface area contributed by atoms with Gasteiger partial charge in [-0.1, -0.05) is 48.6 Å². The maximum absolute atomic E-state index is 12.4. The number of piperazine rings is 1. The Morgan fingerprint density at radius 3 is 2.62 bits per heavy atom. The number of ether oxygens (including phenoxy) is 2. The van der Waals surface area contributed by atoms with Crippen LogP contribution >= 0.6 is 0 Å². The number of fused-ring (bicyclic) bond motifs is 1. The Kier molecular flexibility index (Phi) is 5.96. The van der Waals surface area contributed by atoms with Crippen LogP contribution in [0.15, 0.2) is 60.7 Å². The van der Waals surface area contributed by atoms with Gasteiger partial charge in [0.2, 0.25) is 12.7 Å². The molecule has 0 aliphatic carbocycles. The van der Waals surface area contributed by atoms with Gasteiger partial charge in [-0.15, -0.1) is 0 Å². The molecule has 0 bridgehead atoms. The fraction of sp³-hybridized carbons (Fsp3) is 0.292. The summed E-state index contributed by atoms with van der Waals surface area (Å²) < 4.78 is 10.7. The molecule has 0 spiro atoms. The molecule has 1 amide bonds. The Morgan fingerprint density at radius 2 is 1.79 bits per heavy atom. The summed E-state index contributed by atoms with van der Waals surface area (Å²) in [7, 11) is 0. The van der Waals surface area contributed by atoms with Crippen molar-refractivity contribution >= 4 is 12.0 Å². The van der Waals surface area contributed by atoms with Crippen LogP contribution in [-0.2, 0) is 11.3 Å². The number of carbonyl (C=O) groups excluding carboxylic acids is 1. The molecule has 4 rings (SSSR count). The highest BCUT2D eigenvalue weighted by atomic mass is 16.7. The van der Waals surface area contributed by atoms with Crippen molar-refractivity contribution in [3.8, 4) is 11.5 Å². The zero-order chi connectivity index (χ0) is 20.1. The van der Waals surface area contributed by atoms with E-state index in [9.17, 15) is 4.79 Å². The smallest absolute Gasteiger partial charge is 0.246 e. The van der Waals surface area contributed by atoms with Crippen LogP contribution in [-0.4, -0.2) is 48.7 Å². The lowest BCUT2D eigenvalue weighted by atomic mass is 10.1. The minimum absolute atomic E-state index is 0.0656. The Bertz CT molecular complexity index is 927. The van der Waals surface area contributed by atoms with Crippen molar-refractivity contribution in [3.63, 3.8) is 0 Å². The molecule has 0 radical (unpaired) electrons. The van der Waals surface area contributed by atoms with Crippen molar-refractivity contribution < 1.29 is 14.3 Å². The predicted molar refractivity (Wildman–Crippen MR) is 114 cm³/mol. The number of amides is 1. The molecule has 5 heteroatoms. The first-order valence-corrected chi connectivity index (χ1v) is 9.99. The summed E-state index contributed by atoms with van der Waals surface area (Å²) in [5.74, 6) is 1.60. The average molecular weight is 390 g/mol. The lowest BCUT2D eigenvalue weighted by Crippen LogP contribution is -2.47. The number of carbonyl (C=O) groups is 1. The topological polar surface area (TPSA) is 42.0 Å². The summed E-state index contributed by atoms with van der Waals surface area (Å²) in [5, 5.41) is 0. The summed E-state index contributed by atoms with van der Waals surface area (Å²) in [5.41, 5.74) is 3.69. The number of rotatable bonds is 5. The summed E-state index contributed by atoms with van der Waals surface area (Å²) in [6, 6.07) is 14.3. The van der Waals surface area contributed by atoms with Crippen LogP contribution in [0.25, 0.3) is 6.08 Å². The third kappa shape index (κ3) is 4.87. The summed E-state index contributed by atoms with van der Waals surface area (Å²) in [4.78, 5) is 16.8. The maximum atomic E-state index is 12.4. The molecular formula is C24H26N2O3. The van der Waals surface area contributed by atoms with E-state index in [0.29, 0.717) is 0 Å². The van der Waals surface area contributed by atoms with E-state index in [1.54, 1.807) is 12.2 Å². The Morgan fingerprint density at radius 1 is 1.00 bits per heavy atom. The molecule has 0 saturated carbocycles. The van der Waals surface area contributed by atoms with Crippen molar-refractivity contribution in [3.05, 3.63) is 77.4 Å². The number of hydrogen-bond acceptors (Lipinski definition) is 4. The Balaban J connectivity index is 1.25. The van der Waals surface area contributed by atoms with Gasteiger partial charge >= 0.3 is 0 Å². The summed E-state index contributed by atoms with van der Waals surface area (Å²) in [6.07, 6.45) is 7.27. The van der Waals surface area contributed by atoms with Gasteiger partial charge in [0.1, 0.15) is 0 Å². The van der Waals surface area contributed by atoms with Gasteiger partial charge in [0.05, 0.1) is 0 Å². The molecular weight excluding hydrogens is 364 g/mol. The Labute approximate surface area is 171 Å². The molecule has 2 aliphatic heterocycles. The van der Waals surface area contributed by atoms with Crippen LogP contribution in [0.1, 0.15) is 16.7 Å². The number of allylic oxidation sites excluding steroid dienone is 2. The van der Waals surface area contributed by atoms with Gasteiger partial charge in [0.25, 0.3) is 0 Å². The first-order chi connectivity index (χ1) is 14.2. The van der Waals surface area contributed by atoms with Crippen molar-refractivity contribution in [2.75, 3.05) is 33.0 Å². The van der Waals surface area contributed by atoms with Crippen LogP contribution in [0.4, 0.5) is 0 Å². The van der Waals surface area contributed by atoms with E-state index in [1.165, 1.54) is 11.1 Å². The summed E-state index contributed by atoms with van der Waals surface area (Å²) >= 11 is 0. The molecule has 0 unspecified atom stereocenters. The third-order valence-electron chi connectivity index (χ3n) is 5.37. The fourth-order valence-electron chi connectivity index (χ4n) is 3.58. The van der Waals surface area contributed by atoms with Gasteiger partial charge in [-0.2, -0.15) is 0 Å². The normalized spacial score (nSPS) is 16.8. The van der Waals surface area contributed by atoms with Crippen molar-refractivity contribution in [1.82, 2.24) is 9.80 Å². The lowest BCUT2D eigenvalue weighted by molar-refractivity contribution is -0.127. The average Bonchev–Trinajstić information content (AvgIpc) is 3.21. The quantitative estimate of drug-likeness (QED) is 0.577. The van der Waals surface area contributed by atoms with E-state index in [-0.39, 0.29) is 12.7 Å². The molecule has 2 aromatic carbocycles. The highest BCUT2D eigenvalue weighted by molar-refractivity contribution is 5.88. The number of aryl methyl sites for hydroxylation is 1. The van der Waals surface area contributed by atoms with Crippen LogP contribution in [0.2, 0.25) is 0 Å². The second-order valence-electron chi connectivity index (χ2n) is 7.36.